The van der Waals surface area contributed by atoms with E-state index >= 15 is 0 Å². The molecule has 0 unspecified atom stereocenters. The summed E-state index contributed by atoms with van der Waals surface area (Å²) in [4.78, 5) is 20.3. The predicted molar refractivity (Wildman–Crippen MR) is 102 cm³/mol. The molecule has 4 aromatic rings. The third-order valence-electron chi connectivity index (χ3n) is 4.22. The van der Waals surface area contributed by atoms with Gasteiger partial charge in [0, 0.05) is 11.3 Å². The van der Waals surface area contributed by atoms with Gasteiger partial charge in [0.2, 0.25) is 5.82 Å². The van der Waals surface area contributed by atoms with Gasteiger partial charge in [-0.15, -0.1) is 18.3 Å². The summed E-state index contributed by atoms with van der Waals surface area (Å²) in [5.41, 5.74) is -0.760. The number of anilines is 1. The number of amides is 1. The highest BCUT2D eigenvalue weighted by Crippen LogP contribution is 2.32. The third kappa shape index (κ3) is 5.02. The Morgan fingerprint density at radius 1 is 0.909 bits per heavy atom. The van der Waals surface area contributed by atoms with Crippen LogP contribution in [0.5, 0.6) is 5.75 Å². The Bertz CT molecular complexity index is 1300. The first kappa shape index (κ1) is 22.0. The molecule has 0 aliphatic rings. The summed E-state index contributed by atoms with van der Waals surface area (Å²) in [7, 11) is 0. The fourth-order valence-electron chi connectivity index (χ4n) is 2.85. The molecule has 1 N–H and O–H groups in total. The van der Waals surface area contributed by atoms with Crippen molar-refractivity contribution in [2.45, 2.75) is 12.5 Å². The van der Waals surface area contributed by atoms with Gasteiger partial charge in [-0.25, -0.2) is 4.98 Å². The van der Waals surface area contributed by atoms with Crippen LogP contribution in [0.25, 0.3) is 17.0 Å². The molecule has 0 aliphatic heterocycles. The van der Waals surface area contributed by atoms with Crippen LogP contribution in [0, 0.1) is 0 Å². The molecule has 0 fully saturated rings. The van der Waals surface area contributed by atoms with Gasteiger partial charge in [-0.05, 0) is 30.3 Å². The molecule has 1 amide bonds. The molecule has 170 valence electrons. The first-order valence-corrected chi connectivity index (χ1v) is 9.07. The number of hydrogen-bond acceptors (Lipinski definition) is 5. The summed E-state index contributed by atoms with van der Waals surface area (Å²) >= 11 is 0. The summed E-state index contributed by atoms with van der Waals surface area (Å²) < 4.78 is 81.7. The molecular formula is C20H11F6N5O2. The fraction of sp³-hybridized carbons (Fsp3) is 0.100. The zero-order valence-corrected chi connectivity index (χ0v) is 16.1. The van der Waals surface area contributed by atoms with Crippen molar-refractivity contribution >= 4 is 17.4 Å². The number of rotatable bonds is 4. The molecule has 0 bridgehead atoms. The summed E-state index contributed by atoms with van der Waals surface area (Å²) in [5, 5.41) is 5.90. The lowest BCUT2D eigenvalue weighted by molar-refractivity contribution is -0.274. The van der Waals surface area contributed by atoms with E-state index in [4.69, 9.17) is 0 Å². The lowest BCUT2D eigenvalue weighted by atomic mass is 10.1. The number of carbonyl (C=O) groups is 1. The van der Waals surface area contributed by atoms with Crippen molar-refractivity contribution in [3.8, 4) is 17.0 Å². The maximum absolute atomic E-state index is 13.6. The van der Waals surface area contributed by atoms with Crippen molar-refractivity contribution < 1.29 is 35.9 Å². The van der Waals surface area contributed by atoms with E-state index in [2.05, 4.69) is 25.1 Å². The van der Waals surface area contributed by atoms with Crippen LogP contribution in [0.4, 0.5) is 32.0 Å². The van der Waals surface area contributed by atoms with Crippen molar-refractivity contribution in [2.24, 2.45) is 0 Å². The number of alkyl halides is 6. The molecule has 7 nitrogen and oxygen atoms in total. The molecule has 13 heteroatoms. The van der Waals surface area contributed by atoms with Crippen LogP contribution in [0.1, 0.15) is 16.3 Å². The maximum Gasteiger partial charge on any atom is 0.573 e. The second-order valence-electron chi connectivity index (χ2n) is 6.56. The first-order valence-electron chi connectivity index (χ1n) is 9.07. The molecule has 0 radical (unpaired) electrons. The van der Waals surface area contributed by atoms with Crippen molar-refractivity contribution in [1.82, 2.24) is 19.6 Å². The minimum atomic E-state index is -4.88. The van der Waals surface area contributed by atoms with E-state index in [1.807, 2.05) is 0 Å². The van der Waals surface area contributed by atoms with Gasteiger partial charge in [0.1, 0.15) is 5.75 Å². The second kappa shape index (κ2) is 8.07. The molecule has 0 aliphatic carbocycles. The van der Waals surface area contributed by atoms with Crippen LogP contribution in [0.2, 0.25) is 0 Å². The minimum Gasteiger partial charge on any atom is -0.406 e. The van der Waals surface area contributed by atoms with E-state index < -0.39 is 41.5 Å². The largest absolute Gasteiger partial charge is 0.573 e. The van der Waals surface area contributed by atoms with Crippen LogP contribution in [0.3, 0.4) is 0 Å². The van der Waals surface area contributed by atoms with Gasteiger partial charge in [0.05, 0.1) is 5.69 Å². The monoisotopic (exact) mass is 467 g/mol. The molecule has 2 aromatic heterocycles. The number of aromatic nitrogens is 4. The molecule has 2 aromatic carbocycles. The zero-order valence-electron chi connectivity index (χ0n) is 16.1. The molecule has 4 rings (SSSR count). The van der Waals surface area contributed by atoms with Crippen molar-refractivity contribution in [2.75, 3.05) is 5.32 Å². The van der Waals surface area contributed by atoms with Crippen LogP contribution >= 0.6 is 0 Å². The quantitative estimate of drug-likeness (QED) is 0.429. The fourth-order valence-corrected chi connectivity index (χ4v) is 2.85. The van der Waals surface area contributed by atoms with Gasteiger partial charge in [0.15, 0.2) is 5.69 Å². The highest BCUT2D eigenvalue weighted by atomic mass is 19.4. The first-order chi connectivity index (χ1) is 15.5. The lowest BCUT2D eigenvalue weighted by Gasteiger charge is -2.10. The summed E-state index contributed by atoms with van der Waals surface area (Å²) in [5.74, 6) is -2.57. The summed E-state index contributed by atoms with van der Waals surface area (Å²) in [6, 6.07) is 13.0. The average Bonchev–Trinajstić information content (AvgIpc) is 3.17. The number of carbonyl (C=O) groups excluding carboxylic acids is 1. The van der Waals surface area contributed by atoms with Crippen molar-refractivity contribution in [3.63, 3.8) is 0 Å². The van der Waals surface area contributed by atoms with Gasteiger partial charge in [-0.3, -0.25) is 4.79 Å². The van der Waals surface area contributed by atoms with E-state index in [0.717, 1.165) is 30.3 Å². The second-order valence-corrected chi connectivity index (χ2v) is 6.56. The lowest BCUT2D eigenvalue weighted by Crippen LogP contribution is -2.17. The SMILES string of the molecule is O=C(Nc1ccc(OC(F)(F)F)cc1)c1nc2nc(-c3ccccc3)cc(C(F)(F)F)n2n1. The van der Waals surface area contributed by atoms with Crippen LogP contribution in [-0.4, -0.2) is 31.9 Å². The number of nitrogens with zero attached hydrogens (tertiary/aromatic N) is 4. The van der Waals surface area contributed by atoms with E-state index in [9.17, 15) is 31.1 Å². The standard InChI is InChI=1S/C20H11F6N5O2/c21-19(22,23)15-10-14(11-4-2-1-3-5-11)28-18-29-16(30-31(15)18)17(32)27-12-6-8-13(9-7-12)33-20(24,25)26/h1-10H,(H,27,32). The molecular weight excluding hydrogens is 456 g/mol. The normalized spacial score (nSPS) is 12.1. The van der Waals surface area contributed by atoms with Gasteiger partial charge in [-0.1, -0.05) is 30.3 Å². The maximum atomic E-state index is 13.6. The number of nitrogens with one attached hydrogen (secondary N) is 1. The molecule has 33 heavy (non-hydrogen) atoms. The van der Waals surface area contributed by atoms with Gasteiger partial charge in [-0.2, -0.15) is 22.7 Å². The number of hydrogen-bond donors (Lipinski definition) is 1. The third-order valence-corrected chi connectivity index (χ3v) is 4.22. The molecule has 0 saturated carbocycles. The Hall–Kier alpha value is -4.16. The smallest absolute Gasteiger partial charge is 0.406 e. The van der Waals surface area contributed by atoms with Crippen LogP contribution in [-0.2, 0) is 6.18 Å². The highest BCUT2D eigenvalue weighted by molar-refractivity contribution is 6.01. The van der Waals surface area contributed by atoms with Gasteiger partial charge in [0.25, 0.3) is 11.7 Å². The summed E-state index contributed by atoms with van der Waals surface area (Å²) in [6.07, 6.45) is -9.70. The predicted octanol–water partition coefficient (Wildman–Crippen LogP) is 4.96. The van der Waals surface area contributed by atoms with E-state index in [1.54, 1.807) is 30.3 Å². The van der Waals surface area contributed by atoms with Crippen molar-refractivity contribution in [3.05, 3.63) is 72.2 Å². The average molecular weight is 467 g/mol. The van der Waals surface area contributed by atoms with Crippen molar-refractivity contribution in [1.29, 1.82) is 0 Å². The minimum absolute atomic E-state index is 0.0185. The van der Waals surface area contributed by atoms with E-state index in [1.165, 1.54) is 0 Å². The summed E-state index contributed by atoms with van der Waals surface area (Å²) in [6.45, 7) is 0. The molecule has 0 atom stereocenters. The van der Waals surface area contributed by atoms with Gasteiger partial charge >= 0.3 is 12.5 Å². The number of halogens is 6. The number of benzene rings is 2. The molecule has 0 spiro atoms. The Kier molecular flexibility index (Phi) is 5.39. The van der Waals surface area contributed by atoms with Crippen LogP contribution in [0.15, 0.2) is 60.7 Å². The van der Waals surface area contributed by atoms with E-state index in [0.29, 0.717) is 10.1 Å². The molecule has 2 heterocycles. The van der Waals surface area contributed by atoms with Crippen LogP contribution < -0.4 is 10.1 Å². The zero-order chi connectivity index (χ0) is 23.8. The molecule has 0 saturated heterocycles. The number of ether oxygens (including phenoxy) is 1. The highest BCUT2D eigenvalue weighted by Gasteiger charge is 2.36. The Labute approximate surface area is 180 Å². The van der Waals surface area contributed by atoms with Gasteiger partial charge < -0.3 is 10.1 Å². The Balaban J connectivity index is 1.65. The number of fused-ring (bicyclic) bond motifs is 1. The Morgan fingerprint density at radius 3 is 2.18 bits per heavy atom. The van der Waals surface area contributed by atoms with E-state index in [-0.39, 0.29) is 11.4 Å². The topological polar surface area (TPSA) is 81.4 Å². The Morgan fingerprint density at radius 2 is 1.58 bits per heavy atom.